The Kier molecular flexibility index (Phi) is 12.3. The second kappa shape index (κ2) is 16.0. The predicted molar refractivity (Wildman–Crippen MR) is 184 cm³/mol. The normalized spacial score (nSPS) is 12.4. The van der Waals surface area contributed by atoms with Crippen molar-refractivity contribution in [2.24, 2.45) is 5.92 Å². The Labute approximate surface area is 291 Å². The lowest BCUT2D eigenvalue weighted by Crippen LogP contribution is -2.53. The number of hydrogen-bond acceptors (Lipinski definition) is 4. The Hall–Kier alpha value is -3.87. The second-order valence-corrected chi connectivity index (χ2v) is 14.7. The van der Waals surface area contributed by atoms with Crippen LogP contribution in [0.3, 0.4) is 0 Å². The predicted octanol–water partition coefficient (Wildman–Crippen LogP) is 7.73. The molecule has 48 heavy (non-hydrogen) atoms. The fourth-order valence-electron chi connectivity index (χ4n) is 4.92. The lowest BCUT2D eigenvalue weighted by molar-refractivity contribution is -0.140. The number of amides is 2. The van der Waals surface area contributed by atoms with E-state index in [0.29, 0.717) is 27.0 Å². The van der Waals surface area contributed by atoms with Gasteiger partial charge in [0.2, 0.25) is 11.8 Å². The van der Waals surface area contributed by atoms with E-state index in [0.717, 1.165) is 17.7 Å². The van der Waals surface area contributed by atoms with Crippen LogP contribution in [0.15, 0.2) is 112 Å². The Balaban J connectivity index is 1.86. The van der Waals surface area contributed by atoms with Gasteiger partial charge in [0, 0.05) is 24.0 Å². The zero-order chi connectivity index (χ0) is 35.1. The van der Waals surface area contributed by atoms with Gasteiger partial charge in [-0.3, -0.25) is 13.9 Å². The SMILES string of the molecule is CC(C)CNC(=O)C(Cc1ccccc1)N(Cc1cccc(Br)c1)C(=O)CN(c1cc(C(F)(F)F)ccc1Cl)S(=O)(=O)c1ccccc1. The van der Waals surface area contributed by atoms with Gasteiger partial charge in [0.05, 0.1) is 21.2 Å². The average molecular weight is 765 g/mol. The van der Waals surface area contributed by atoms with Gasteiger partial charge in [-0.05, 0) is 59.5 Å². The molecule has 7 nitrogen and oxygen atoms in total. The van der Waals surface area contributed by atoms with E-state index in [9.17, 15) is 31.2 Å². The maximum absolute atomic E-state index is 14.5. The number of nitrogens with one attached hydrogen (secondary N) is 1. The molecule has 0 spiro atoms. The van der Waals surface area contributed by atoms with E-state index < -0.39 is 51.9 Å². The number of sulfonamides is 1. The van der Waals surface area contributed by atoms with E-state index in [-0.39, 0.29) is 28.8 Å². The molecule has 1 atom stereocenters. The van der Waals surface area contributed by atoms with E-state index in [1.165, 1.54) is 29.2 Å². The summed E-state index contributed by atoms with van der Waals surface area (Å²) in [4.78, 5) is 29.4. The molecule has 254 valence electrons. The van der Waals surface area contributed by atoms with Gasteiger partial charge in [0.1, 0.15) is 12.6 Å². The van der Waals surface area contributed by atoms with Crippen LogP contribution in [0.4, 0.5) is 18.9 Å². The van der Waals surface area contributed by atoms with Crippen molar-refractivity contribution in [2.75, 3.05) is 17.4 Å². The lowest BCUT2D eigenvalue weighted by atomic mass is 10.0. The van der Waals surface area contributed by atoms with Crippen molar-refractivity contribution in [1.29, 1.82) is 0 Å². The Morgan fingerprint density at radius 3 is 2.10 bits per heavy atom. The monoisotopic (exact) mass is 763 g/mol. The zero-order valence-corrected chi connectivity index (χ0v) is 29.3. The summed E-state index contributed by atoms with van der Waals surface area (Å²) in [6, 6.07) is 24.2. The highest BCUT2D eigenvalue weighted by atomic mass is 79.9. The molecule has 0 fully saturated rings. The van der Waals surface area contributed by atoms with Crippen LogP contribution in [-0.2, 0) is 38.8 Å². The number of carbonyl (C=O) groups excluding carboxylic acids is 2. The third kappa shape index (κ3) is 9.61. The van der Waals surface area contributed by atoms with Crippen LogP contribution in [0, 0.1) is 5.92 Å². The summed E-state index contributed by atoms with van der Waals surface area (Å²) >= 11 is 9.79. The van der Waals surface area contributed by atoms with Crippen LogP contribution in [-0.4, -0.2) is 44.3 Å². The standard InChI is InChI=1S/C35H34BrClF3N3O4S/c1-24(2)21-41-34(45)32(19-25-10-5-3-6-11-25)42(22-26-12-9-13-28(36)18-26)33(44)23-43(48(46,47)29-14-7-4-8-15-29)31-20-27(35(38,39)40)16-17-30(31)37/h3-18,20,24,32H,19,21-23H2,1-2H3,(H,41,45). The van der Waals surface area contributed by atoms with Crippen molar-refractivity contribution < 1.29 is 31.2 Å². The third-order valence-electron chi connectivity index (χ3n) is 7.35. The number of hydrogen-bond donors (Lipinski definition) is 1. The molecule has 0 saturated heterocycles. The molecule has 0 bridgehead atoms. The van der Waals surface area contributed by atoms with Gasteiger partial charge in [-0.2, -0.15) is 13.2 Å². The molecule has 13 heteroatoms. The van der Waals surface area contributed by atoms with Gasteiger partial charge in [-0.1, -0.05) is 102 Å². The summed E-state index contributed by atoms with van der Waals surface area (Å²) < 4.78 is 71.0. The van der Waals surface area contributed by atoms with E-state index in [2.05, 4.69) is 21.2 Å². The molecule has 0 aliphatic rings. The lowest BCUT2D eigenvalue weighted by Gasteiger charge is -2.34. The summed E-state index contributed by atoms with van der Waals surface area (Å²) in [5, 5.41) is 2.57. The quantitative estimate of drug-likeness (QED) is 0.151. The molecule has 0 radical (unpaired) electrons. The fraction of sp³-hybridized carbons (Fsp3) is 0.257. The molecule has 2 amide bonds. The Bertz CT molecular complexity index is 1830. The first-order valence-electron chi connectivity index (χ1n) is 15.0. The maximum atomic E-state index is 14.5. The molecule has 1 unspecified atom stereocenters. The number of carbonyl (C=O) groups is 2. The Morgan fingerprint density at radius 2 is 1.50 bits per heavy atom. The van der Waals surface area contributed by atoms with Crippen molar-refractivity contribution in [2.45, 2.75) is 43.9 Å². The van der Waals surface area contributed by atoms with Crippen LogP contribution < -0.4 is 9.62 Å². The van der Waals surface area contributed by atoms with Crippen LogP contribution in [0.1, 0.15) is 30.5 Å². The van der Waals surface area contributed by atoms with E-state index >= 15 is 0 Å². The molecule has 4 rings (SSSR count). The Morgan fingerprint density at radius 1 is 0.875 bits per heavy atom. The van der Waals surface area contributed by atoms with Crippen molar-refractivity contribution in [3.8, 4) is 0 Å². The number of anilines is 1. The maximum Gasteiger partial charge on any atom is 0.416 e. The highest BCUT2D eigenvalue weighted by Crippen LogP contribution is 2.37. The molecule has 4 aromatic rings. The van der Waals surface area contributed by atoms with Gasteiger partial charge in [0.25, 0.3) is 10.0 Å². The fourth-order valence-corrected chi connectivity index (χ4v) is 7.08. The smallest absolute Gasteiger partial charge is 0.354 e. The van der Waals surface area contributed by atoms with Crippen LogP contribution in [0.25, 0.3) is 0 Å². The summed E-state index contributed by atoms with van der Waals surface area (Å²) in [6.45, 7) is 3.09. The van der Waals surface area contributed by atoms with Crippen LogP contribution in [0.5, 0.6) is 0 Å². The minimum atomic E-state index is -4.83. The number of benzene rings is 4. The number of nitrogens with zero attached hydrogens (tertiary/aromatic N) is 2. The summed E-state index contributed by atoms with van der Waals surface area (Å²) in [5.41, 5.74) is -0.315. The molecule has 4 aromatic carbocycles. The first-order chi connectivity index (χ1) is 22.7. The van der Waals surface area contributed by atoms with E-state index in [4.69, 9.17) is 11.6 Å². The highest BCUT2D eigenvalue weighted by Gasteiger charge is 2.37. The molecule has 0 aliphatic heterocycles. The van der Waals surface area contributed by atoms with Gasteiger partial charge in [0.15, 0.2) is 0 Å². The minimum Gasteiger partial charge on any atom is -0.354 e. The molecular formula is C35H34BrClF3N3O4S. The number of halogens is 5. The van der Waals surface area contributed by atoms with Gasteiger partial charge in [-0.25, -0.2) is 8.42 Å². The second-order valence-electron chi connectivity index (χ2n) is 11.5. The van der Waals surface area contributed by atoms with Crippen LogP contribution >= 0.6 is 27.5 Å². The summed E-state index contributed by atoms with van der Waals surface area (Å²) in [7, 11) is -4.65. The van der Waals surface area contributed by atoms with E-state index in [1.54, 1.807) is 54.6 Å². The number of alkyl halides is 3. The largest absolute Gasteiger partial charge is 0.416 e. The van der Waals surface area contributed by atoms with Gasteiger partial charge >= 0.3 is 6.18 Å². The summed E-state index contributed by atoms with van der Waals surface area (Å²) in [5.74, 6) is -1.20. The van der Waals surface area contributed by atoms with Gasteiger partial charge < -0.3 is 10.2 Å². The van der Waals surface area contributed by atoms with Crippen molar-refractivity contribution in [3.05, 3.63) is 129 Å². The van der Waals surface area contributed by atoms with Crippen molar-refractivity contribution >= 4 is 55.1 Å². The molecule has 0 aliphatic carbocycles. The molecule has 0 aromatic heterocycles. The minimum absolute atomic E-state index is 0.0836. The first kappa shape index (κ1) is 37.0. The van der Waals surface area contributed by atoms with E-state index in [1.807, 2.05) is 19.9 Å². The first-order valence-corrected chi connectivity index (χ1v) is 17.6. The molecule has 0 saturated carbocycles. The topological polar surface area (TPSA) is 86.8 Å². The molecule has 0 heterocycles. The zero-order valence-electron chi connectivity index (χ0n) is 26.1. The number of rotatable bonds is 13. The van der Waals surface area contributed by atoms with Crippen LogP contribution in [0.2, 0.25) is 5.02 Å². The average Bonchev–Trinajstić information content (AvgIpc) is 3.04. The van der Waals surface area contributed by atoms with Crippen molar-refractivity contribution in [1.82, 2.24) is 10.2 Å². The van der Waals surface area contributed by atoms with Crippen molar-refractivity contribution in [3.63, 3.8) is 0 Å². The third-order valence-corrected chi connectivity index (χ3v) is 9.94. The molecule has 1 N–H and O–H groups in total. The highest BCUT2D eigenvalue weighted by molar-refractivity contribution is 9.10. The summed E-state index contributed by atoms with van der Waals surface area (Å²) in [6.07, 6.45) is -4.74. The van der Waals surface area contributed by atoms with Gasteiger partial charge in [-0.15, -0.1) is 0 Å². The molecular weight excluding hydrogens is 731 g/mol.